The van der Waals surface area contributed by atoms with Crippen LogP contribution < -0.4 is 4.72 Å². The van der Waals surface area contributed by atoms with E-state index in [1.807, 2.05) is 37.3 Å². The van der Waals surface area contributed by atoms with E-state index in [0.717, 1.165) is 12.0 Å². The molecule has 0 unspecified atom stereocenters. The van der Waals surface area contributed by atoms with Gasteiger partial charge in [-0.25, -0.2) is 13.1 Å². The average molecular weight is 317 g/mol. The number of sulfonamides is 1. The van der Waals surface area contributed by atoms with E-state index in [1.54, 1.807) is 12.1 Å². The van der Waals surface area contributed by atoms with E-state index in [9.17, 15) is 13.2 Å². The van der Waals surface area contributed by atoms with Gasteiger partial charge in [-0.05, 0) is 24.1 Å². The lowest BCUT2D eigenvalue weighted by atomic mass is 10.1. The summed E-state index contributed by atoms with van der Waals surface area (Å²) in [5.74, 6) is 0.0312. The predicted molar refractivity (Wildman–Crippen MR) is 86.1 cm³/mol. The van der Waals surface area contributed by atoms with Crippen molar-refractivity contribution in [3.8, 4) is 0 Å². The van der Waals surface area contributed by atoms with Crippen molar-refractivity contribution in [2.24, 2.45) is 0 Å². The van der Waals surface area contributed by atoms with E-state index in [1.165, 1.54) is 12.1 Å². The smallest absolute Gasteiger partial charge is 0.240 e. The van der Waals surface area contributed by atoms with Crippen molar-refractivity contribution in [3.05, 3.63) is 65.7 Å². The topological polar surface area (TPSA) is 63.2 Å². The van der Waals surface area contributed by atoms with Crippen LogP contribution in [0.3, 0.4) is 0 Å². The summed E-state index contributed by atoms with van der Waals surface area (Å²) in [5, 5.41) is 0. The molecular formula is C17H19NO3S. The van der Waals surface area contributed by atoms with E-state index >= 15 is 0 Å². The molecule has 0 fully saturated rings. The highest BCUT2D eigenvalue weighted by Crippen LogP contribution is 2.13. The molecule has 0 spiro atoms. The fourth-order valence-corrected chi connectivity index (χ4v) is 3.07. The van der Waals surface area contributed by atoms with E-state index in [2.05, 4.69) is 4.72 Å². The van der Waals surface area contributed by atoms with Gasteiger partial charge in [0, 0.05) is 18.5 Å². The largest absolute Gasteiger partial charge is 0.294 e. The summed E-state index contributed by atoms with van der Waals surface area (Å²) in [4.78, 5) is 11.9. The zero-order chi connectivity index (χ0) is 16.0. The molecule has 2 aromatic carbocycles. The summed E-state index contributed by atoms with van der Waals surface area (Å²) in [6.45, 7) is 2.17. The Bertz CT molecular complexity index is 722. The maximum absolute atomic E-state index is 12.2. The van der Waals surface area contributed by atoms with Gasteiger partial charge < -0.3 is 0 Å². The Morgan fingerprint density at radius 2 is 1.64 bits per heavy atom. The molecule has 0 saturated heterocycles. The minimum absolute atomic E-state index is 0.0312. The zero-order valence-electron chi connectivity index (χ0n) is 12.5. The van der Waals surface area contributed by atoms with Gasteiger partial charge in [-0.15, -0.1) is 0 Å². The number of Topliss-reactive ketones (excluding diaryl/α,β-unsaturated/α-hetero) is 1. The molecular weight excluding hydrogens is 298 g/mol. The van der Waals surface area contributed by atoms with Gasteiger partial charge in [-0.3, -0.25) is 4.79 Å². The first-order chi connectivity index (χ1) is 10.5. The second-order valence-corrected chi connectivity index (χ2v) is 6.77. The zero-order valence-corrected chi connectivity index (χ0v) is 13.3. The lowest BCUT2D eigenvalue weighted by Crippen LogP contribution is -2.23. The Kier molecular flexibility index (Phi) is 5.46. The highest BCUT2D eigenvalue weighted by atomic mass is 32.2. The summed E-state index contributed by atoms with van der Waals surface area (Å²) in [6, 6.07) is 15.4. The van der Waals surface area contributed by atoms with Crippen molar-refractivity contribution < 1.29 is 13.2 Å². The number of nitrogens with one attached hydrogen (secondary N) is 1. The van der Waals surface area contributed by atoms with Crippen LogP contribution in [0.25, 0.3) is 0 Å². The van der Waals surface area contributed by atoms with E-state index in [4.69, 9.17) is 0 Å². The first-order valence-electron chi connectivity index (χ1n) is 7.20. The van der Waals surface area contributed by atoms with Crippen molar-refractivity contribution in [3.63, 3.8) is 0 Å². The van der Waals surface area contributed by atoms with Gasteiger partial charge in [-0.2, -0.15) is 0 Å². The van der Waals surface area contributed by atoms with Crippen molar-refractivity contribution in [2.45, 2.75) is 31.2 Å². The van der Waals surface area contributed by atoms with Crippen molar-refractivity contribution in [1.29, 1.82) is 0 Å². The van der Waals surface area contributed by atoms with Crippen LogP contribution in [0, 0.1) is 0 Å². The fourth-order valence-electron chi connectivity index (χ4n) is 2.05. The quantitative estimate of drug-likeness (QED) is 0.798. The molecule has 0 radical (unpaired) electrons. The van der Waals surface area contributed by atoms with Crippen LogP contribution >= 0.6 is 0 Å². The Balaban J connectivity index is 2.08. The second kappa shape index (κ2) is 7.33. The summed E-state index contributed by atoms with van der Waals surface area (Å²) < 4.78 is 27.0. The normalized spacial score (nSPS) is 11.3. The van der Waals surface area contributed by atoms with Gasteiger partial charge in [0.25, 0.3) is 0 Å². The third-order valence-corrected chi connectivity index (χ3v) is 4.69. The molecule has 1 N–H and O–H groups in total. The predicted octanol–water partition coefficient (Wildman–Crippen LogP) is 3.15. The average Bonchev–Trinajstić information content (AvgIpc) is 2.54. The molecule has 0 aliphatic carbocycles. The van der Waals surface area contributed by atoms with Gasteiger partial charge in [-0.1, -0.05) is 49.4 Å². The molecule has 4 nitrogen and oxygen atoms in total. The van der Waals surface area contributed by atoms with Crippen molar-refractivity contribution in [2.75, 3.05) is 0 Å². The van der Waals surface area contributed by atoms with E-state index in [0.29, 0.717) is 12.0 Å². The molecule has 0 heterocycles. The maximum Gasteiger partial charge on any atom is 0.240 e. The number of hydrogen-bond acceptors (Lipinski definition) is 3. The first kappa shape index (κ1) is 16.4. The Morgan fingerprint density at radius 1 is 1.00 bits per heavy atom. The Hall–Kier alpha value is -1.98. The molecule has 0 aromatic heterocycles. The molecule has 0 atom stereocenters. The number of ketones is 1. The third kappa shape index (κ3) is 4.26. The number of carbonyl (C=O) groups is 1. The number of hydrogen-bond donors (Lipinski definition) is 1. The molecule has 22 heavy (non-hydrogen) atoms. The number of rotatable bonds is 7. The number of carbonyl (C=O) groups excluding carboxylic acids is 1. The number of benzene rings is 2. The Labute approximate surface area is 131 Å². The first-order valence-corrected chi connectivity index (χ1v) is 8.68. The lowest BCUT2D eigenvalue weighted by molar-refractivity contribution is 0.0981. The van der Waals surface area contributed by atoms with E-state index < -0.39 is 10.0 Å². The van der Waals surface area contributed by atoms with Crippen LogP contribution in [0.5, 0.6) is 0 Å². The van der Waals surface area contributed by atoms with Gasteiger partial charge in [0.2, 0.25) is 10.0 Å². The van der Waals surface area contributed by atoms with Gasteiger partial charge in [0.1, 0.15) is 0 Å². The van der Waals surface area contributed by atoms with Crippen LogP contribution in [-0.2, 0) is 16.6 Å². The van der Waals surface area contributed by atoms with Crippen LogP contribution in [-0.4, -0.2) is 14.2 Å². The molecule has 0 aliphatic rings. The molecule has 0 amide bonds. The van der Waals surface area contributed by atoms with E-state index in [-0.39, 0.29) is 17.2 Å². The molecule has 2 aromatic rings. The fraction of sp³-hybridized carbons (Fsp3) is 0.235. The van der Waals surface area contributed by atoms with Crippen LogP contribution in [0.15, 0.2) is 59.5 Å². The van der Waals surface area contributed by atoms with Gasteiger partial charge >= 0.3 is 0 Å². The minimum atomic E-state index is -3.57. The SMILES string of the molecule is CCCC(=O)c1ccc(S(=O)(=O)NCc2ccccc2)cc1. The van der Waals surface area contributed by atoms with Gasteiger partial charge in [0.05, 0.1) is 4.90 Å². The molecule has 0 bridgehead atoms. The lowest BCUT2D eigenvalue weighted by Gasteiger charge is -2.07. The van der Waals surface area contributed by atoms with Crippen molar-refractivity contribution >= 4 is 15.8 Å². The molecule has 5 heteroatoms. The minimum Gasteiger partial charge on any atom is -0.294 e. The summed E-state index contributed by atoms with van der Waals surface area (Å²) >= 11 is 0. The van der Waals surface area contributed by atoms with Crippen LogP contribution in [0.4, 0.5) is 0 Å². The second-order valence-electron chi connectivity index (χ2n) is 5.01. The summed E-state index contributed by atoms with van der Waals surface area (Å²) in [6.07, 6.45) is 1.25. The maximum atomic E-state index is 12.2. The molecule has 2 rings (SSSR count). The molecule has 0 saturated carbocycles. The van der Waals surface area contributed by atoms with Gasteiger partial charge in [0.15, 0.2) is 5.78 Å². The standard InChI is InChI=1S/C17H19NO3S/c1-2-6-17(19)15-9-11-16(12-10-15)22(20,21)18-13-14-7-4-3-5-8-14/h3-5,7-12,18H,2,6,13H2,1H3. The highest BCUT2D eigenvalue weighted by molar-refractivity contribution is 7.89. The van der Waals surface area contributed by atoms with Crippen molar-refractivity contribution in [1.82, 2.24) is 4.72 Å². The molecule has 116 valence electrons. The molecule has 0 aliphatic heterocycles. The highest BCUT2D eigenvalue weighted by Gasteiger charge is 2.14. The monoisotopic (exact) mass is 317 g/mol. The van der Waals surface area contributed by atoms with Crippen LogP contribution in [0.1, 0.15) is 35.7 Å². The third-order valence-electron chi connectivity index (χ3n) is 3.27. The van der Waals surface area contributed by atoms with Crippen LogP contribution in [0.2, 0.25) is 0 Å². The summed E-state index contributed by atoms with van der Waals surface area (Å²) in [7, 11) is -3.57. The Morgan fingerprint density at radius 3 is 2.23 bits per heavy atom. The summed E-state index contributed by atoms with van der Waals surface area (Å²) in [5.41, 5.74) is 1.43.